The maximum absolute atomic E-state index is 11.2. The first-order valence-electron chi connectivity index (χ1n) is 9.66. The van der Waals surface area contributed by atoms with Crippen LogP contribution in [-0.4, -0.2) is 23.8 Å². The third kappa shape index (κ3) is 5.47. The minimum atomic E-state index is -0.955. The van der Waals surface area contributed by atoms with E-state index < -0.39 is 12.1 Å². The lowest BCUT2D eigenvalue weighted by atomic mass is 10.1. The van der Waals surface area contributed by atoms with Crippen molar-refractivity contribution in [2.75, 3.05) is 6.61 Å². The van der Waals surface area contributed by atoms with Crippen molar-refractivity contribution in [2.45, 2.75) is 33.0 Å². The van der Waals surface area contributed by atoms with Crippen LogP contribution in [0.25, 0.3) is 10.4 Å². The van der Waals surface area contributed by atoms with Crippen molar-refractivity contribution in [1.82, 2.24) is 0 Å². The van der Waals surface area contributed by atoms with E-state index in [0.29, 0.717) is 25.2 Å². The third-order valence-corrected chi connectivity index (χ3v) is 5.94. The van der Waals surface area contributed by atoms with Crippen LogP contribution in [-0.2, 0) is 22.6 Å². The van der Waals surface area contributed by atoms with Crippen LogP contribution in [0, 0.1) is 18.3 Å². The highest BCUT2D eigenvalue weighted by Gasteiger charge is 2.18. The molecule has 0 aliphatic heterocycles. The molecule has 0 spiro atoms. The molecular formula is C24H23NO4S. The van der Waals surface area contributed by atoms with Crippen LogP contribution in [0.1, 0.15) is 28.5 Å². The standard InChI is InChI=1S/C24H23NO4S/c1-3-28-21(24(26)27)13-17-6-10-20(11-7-17)29-15-23-16(2)12-22(30-23)19-8-4-18(14-25)5-9-19/h4-12,21H,3,13,15H2,1-2H3,(H,26,27)/t21-/m0/s1. The van der Waals surface area contributed by atoms with E-state index in [2.05, 4.69) is 19.1 Å². The molecule has 2 aromatic carbocycles. The van der Waals surface area contributed by atoms with Crippen LogP contribution in [0.3, 0.4) is 0 Å². The van der Waals surface area contributed by atoms with Crippen LogP contribution >= 0.6 is 11.3 Å². The van der Waals surface area contributed by atoms with Crippen LogP contribution in [0.5, 0.6) is 5.75 Å². The van der Waals surface area contributed by atoms with Crippen molar-refractivity contribution < 1.29 is 19.4 Å². The number of rotatable bonds is 9. The Morgan fingerprint density at radius 2 is 1.87 bits per heavy atom. The molecule has 0 unspecified atom stereocenters. The number of carboxylic acid groups (broad SMARTS) is 1. The average molecular weight is 422 g/mol. The zero-order chi connectivity index (χ0) is 21.5. The van der Waals surface area contributed by atoms with Gasteiger partial charge in [0.2, 0.25) is 0 Å². The van der Waals surface area contributed by atoms with Crippen LogP contribution in [0.15, 0.2) is 54.6 Å². The van der Waals surface area contributed by atoms with E-state index in [1.165, 1.54) is 0 Å². The SMILES string of the molecule is CCO[C@@H](Cc1ccc(OCc2sc(-c3ccc(C#N)cc3)cc2C)cc1)C(=O)O. The molecule has 1 aromatic heterocycles. The van der Waals surface area contributed by atoms with Gasteiger partial charge in [-0.1, -0.05) is 24.3 Å². The van der Waals surface area contributed by atoms with E-state index >= 15 is 0 Å². The molecule has 30 heavy (non-hydrogen) atoms. The molecule has 0 saturated heterocycles. The Hall–Kier alpha value is -3.14. The predicted octanol–water partition coefficient (Wildman–Crippen LogP) is 5.21. The summed E-state index contributed by atoms with van der Waals surface area (Å²) in [5, 5.41) is 18.1. The van der Waals surface area contributed by atoms with E-state index in [1.807, 2.05) is 48.5 Å². The van der Waals surface area contributed by atoms with Gasteiger partial charge >= 0.3 is 5.97 Å². The molecule has 0 saturated carbocycles. The van der Waals surface area contributed by atoms with Gasteiger partial charge in [-0.3, -0.25) is 0 Å². The van der Waals surface area contributed by atoms with Crippen LogP contribution < -0.4 is 4.74 Å². The number of aliphatic carboxylic acids is 1. The van der Waals surface area contributed by atoms with E-state index in [9.17, 15) is 9.90 Å². The van der Waals surface area contributed by atoms with Gasteiger partial charge in [0.05, 0.1) is 11.6 Å². The summed E-state index contributed by atoms with van der Waals surface area (Å²) in [6.45, 7) is 4.67. The van der Waals surface area contributed by atoms with Crippen molar-refractivity contribution in [2.24, 2.45) is 0 Å². The topological polar surface area (TPSA) is 79.5 Å². The number of thiophene rings is 1. The van der Waals surface area contributed by atoms with Crippen molar-refractivity contribution >= 4 is 17.3 Å². The summed E-state index contributed by atoms with van der Waals surface area (Å²) < 4.78 is 11.2. The Balaban J connectivity index is 1.62. The minimum Gasteiger partial charge on any atom is -0.488 e. The number of ether oxygens (including phenoxy) is 2. The molecule has 0 aliphatic carbocycles. The van der Waals surface area contributed by atoms with Gasteiger partial charge in [0.1, 0.15) is 12.4 Å². The fourth-order valence-corrected chi connectivity index (χ4v) is 4.11. The highest BCUT2D eigenvalue weighted by atomic mass is 32.1. The fraction of sp³-hybridized carbons (Fsp3) is 0.250. The minimum absolute atomic E-state index is 0.321. The molecule has 0 aliphatic rings. The molecule has 1 atom stereocenters. The van der Waals surface area contributed by atoms with Crippen LogP contribution in [0.2, 0.25) is 0 Å². The Labute approximate surface area is 180 Å². The highest BCUT2D eigenvalue weighted by Crippen LogP contribution is 2.32. The molecule has 1 N–H and O–H groups in total. The van der Waals surface area contributed by atoms with E-state index in [1.54, 1.807) is 18.3 Å². The molecule has 3 aromatic rings. The molecule has 6 heteroatoms. The first-order chi connectivity index (χ1) is 14.5. The van der Waals surface area contributed by atoms with Gasteiger partial charge in [-0.25, -0.2) is 4.79 Å². The molecule has 1 heterocycles. The van der Waals surface area contributed by atoms with Gasteiger partial charge in [0.15, 0.2) is 6.10 Å². The number of aryl methyl sites for hydroxylation is 1. The first kappa shape index (κ1) is 21.6. The monoisotopic (exact) mass is 421 g/mol. The third-order valence-electron chi connectivity index (χ3n) is 4.68. The summed E-state index contributed by atoms with van der Waals surface area (Å²) in [7, 11) is 0. The molecule has 3 rings (SSSR count). The lowest BCUT2D eigenvalue weighted by molar-refractivity contribution is -0.149. The summed E-state index contributed by atoms with van der Waals surface area (Å²) in [6.07, 6.45) is -0.516. The molecule has 154 valence electrons. The zero-order valence-electron chi connectivity index (χ0n) is 16.9. The summed E-state index contributed by atoms with van der Waals surface area (Å²) in [5.74, 6) is -0.224. The number of carboxylic acids is 1. The van der Waals surface area contributed by atoms with Crippen molar-refractivity contribution in [1.29, 1.82) is 5.26 Å². The Morgan fingerprint density at radius 3 is 2.47 bits per heavy atom. The van der Waals surface area contributed by atoms with E-state index in [0.717, 1.165) is 32.2 Å². The summed E-state index contributed by atoms with van der Waals surface area (Å²) >= 11 is 1.68. The summed E-state index contributed by atoms with van der Waals surface area (Å²) in [6, 6.07) is 19.3. The quantitative estimate of drug-likeness (QED) is 0.513. The van der Waals surface area contributed by atoms with Crippen molar-refractivity contribution in [3.05, 3.63) is 76.2 Å². The molecule has 0 radical (unpaired) electrons. The molecule has 0 bridgehead atoms. The van der Waals surface area contributed by atoms with Gasteiger partial charge in [-0.2, -0.15) is 5.26 Å². The predicted molar refractivity (Wildman–Crippen MR) is 117 cm³/mol. The molecular weight excluding hydrogens is 398 g/mol. The summed E-state index contributed by atoms with van der Waals surface area (Å²) in [5.41, 5.74) is 3.78. The lowest BCUT2D eigenvalue weighted by Gasteiger charge is -2.13. The second-order valence-corrected chi connectivity index (χ2v) is 7.96. The summed E-state index contributed by atoms with van der Waals surface area (Å²) in [4.78, 5) is 13.5. The van der Waals surface area contributed by atoms with Crippen LogP contribution in [0.4, 0.5) is 0 Å². The Morgan fingerprint density at radius 1 is 1.17 bits per heavy atom. The first-order valence-corrected chi connectivity index (χ1v) is 10.5. The number of hydrogen-bond donors (Lipinski definition) is 1. The van der Waals surface area contributed by atoms with Gasteiger partial charge in [0.25, 0.3) is 0 Å². The molecule has 5 nitrogen and oxygen atoms in total. The Kier molecular flexibility index (Phi) is 7.23. The van der Waals surface area contributed by atoms with E-state index in [4.69, 9.17) is 14.7 Å². The number of benzene rings is 2. The van der Waals surface area contributed by atoms with Gasteiger partial charge < -0.3 is 14.6 Å². The Bertz CT molecular complexity index is 1030. The number of carbonyl (C=O) groups is 1. The second-order valence-electron chi connectivity index (χ2n) is 6.82. The number of hydrogen-bond acceptors (Lipinski definition) is 5. The normalized spacial score (nSPS) is 11.6. The van der Waals surface area contributed by atoms with Crippen molar-refractivity contribution in [3.8, 4) is 22.3 Å². The van der Waals surface area contributed by atoms with Gasteiger partial charge in [-0.05, 0) is 60.9 Å². The highest BCUT2D eigenvalue weighted by molar-refractivity contribution is 7.15. The largest absolute Gasteiger partial charge is 0.488 e. The number of nitrogens with zero attached hydrogens (tertiary/aromatic N) is 1. The van der Waals surface area contributed by atoms with E-state index in [-0.39, 0.29) is 0 Å². The smallest absolute Gasteiger partial charge is 0.333 e. The van der Waals surface area contributed by atoms with Gasteiger partial charge in [0, 0.05) is 22.8 Å². The molecule has 0 amide bonds. The lowest BCUT2D eigenvalue weighted by Crippen LogP contribution is -2.26. The fourth-order valence-electron chi connectivity index (χ4n) is 3.02. The maximum atomic E-state index is 11.2. The maximum Gasteiger partial charge on any atom is 0.333 e. The molecule has 0 fully saturated rings. The van der Waals surface area contributed by atoms with Crippen molar-refractivity contribution in [3.63, 3.8) is 0 Å². The second kappa shape index (κ2) is 10.1. The number of nitriles is 1. The zero-order valence-corrected chi connectivity index (χ0v) is 17.7. The average Bonchev–Trinajstić information content (AvgIpc) is 3.13. The van der Waals surface area contributed by atoms with Gasteiger partial charge in [-0.15, -0.1) is 11.3 Å².